The Bertz CT molecular complexity index is 444. The maximum Gasteiger partial charge on any atom is 0.252 e. The number of alkyl halides is 6. The molecule has 0 aromatic heterocycles. The van der Waals surface area contributed by atoms with Crippen LogP contribution in [0.1, 0.15) is 21.5 Å². The van der Waals surface area contributed by atoms with Crippen molar-refractivity contribution in [3.63, 3.8) is 0 Å². The second-order valence-electron chi connectivity index (χ2n) is 3.03. The van der Waals surface area contributed by atoms with Crippen LogP contribution in [-0.2, 0) is 7.59 Å². The first-order valence-electron chi connectivity index (χ1n) is 4.02. The summed E-state index contributed by atoms with van der Waals surface area (Å²) in [5.41, 5.74) is 0.407. The number of hydrogen-bond donors (Lipinski definition) is 0. The van der Waals surface area contributed by atoms with Crippen LogP contribution in [0.2, 0.25) is 0 Å². The largest absolute Gasteiger partial charge is 0.276 e. The molecular formula is C9H3Cl7O. The van der Waals surface area contributed by atoms with Crippen LogP contribution in [0.3, 0.4) is 0 Å². The fourth-order valence-electron chi connectivity index (χ4n) is 1.15. The average molecular weight is 375 g/mol. The lowest BCUT2D eigenvalue weighted by atomic mass is 10.1. The zero-order valence-corrected chi connectivity index (χ0v) is 13.1. The van der Waals surface area contributed by atoms with Gasteiger partial charge >= 0.3 is 0 Å². The third-order valence-corrected chi connectivity index (χ3v) is 3.30. The Labute approximate surface area is 133 Å². The molecule has 0 amide bonds. The minimum atomic E-state index is -1.83. The van der Waals surface area contributed by atoms with Gasteiger partial charge in [-0.25, -0.2) is 0 Å². The highest BCUT2D eigenvalue weighted by Crippen LogP contribution is 2.48. The minimum absolute atomic E-state index is 0.0917. The monoisotopic (exact) mass is 372 g/mol. The normalized spacial score (nSPS) is 12.6. The average Bonchev–Trinajstić information content (AvgIpc) is 2.14. The Balaban J connectivity index is 3.49. The van der Waals surface area contributed by atoms with Gasteiger partial charge in [-0.05, 0) is 23.7 Å². The van der Waals surface area contributed by atoms with Crippen LogP contribution < -0.4 is 0 Å². The lowest BCUT2D eigenvalue weighted by molar-refractivity contribution is 0.108. The van der Waals surface area contributed by atoms with E-state index < -0.39 is 12.8 Å². The van der Waals surface area contributed by atoms with Gasteiger partial charge in [-0.1, -0.05) is 75.7 Å². The summed E-state index contributed by atoms with van der Waals surface area (Å²) in [6.07, 6.45) is 0. The van der Waals surface area contributed by atoms with Gasteiger partial charge in [-0.15, -0.1) is 0 Å². The topological polar surface area (TPSA) is 17.1 Å². The molecule has 0 aliphatic carbocycles. The minimum Gasteiger partial charge on any atom is -0.276 e. The molecule has 0 saturated carbocycles. The Kier molecular flexibility index (Phi) is 5.17. The van der Waals surface area contributed by atoms with Crippen molar-refractivity contribution in [3.8, 4) is 0 Å². The molecule has 1 nitrogen and oxygen atoms in total. The van der Waals surface area contributed by atoms with Crippen molar-refractivity contribution in [1.82, 2.24) is 0 Å². The lowest BCUT2D eigenvalue weighted by Gasteiger charge is -2.21. The molecule has 1 aromatic carbocycles. The molecule has 0 saturated heterocycles. The van der Waals surface area contributed by atoms with E-state index in [9.17, 15) is 4.79 Å². The van der Waals surface area contributed by atoms with E-state index in [2.05, 4.69) is 0 Å². The first-order valence-corrected chi connectivity index (χ1v) is 6.66. The van der Waals surface area contributed by atoms with Crippen LogP contribution in [0.5, 0.6) is 0 Å². The number of rotatable bonds is 1. The van der Waals surface area contributed by atoms with Gasteiger partial charge in [0.1, 0.15) is 0 Å². The van der Waals surface area contributed by atoms with E-state index in [0.29, 0.717) is 0 Å². The van der Waals surface area contributed by atoms with Crippen LogP contribution in [0.15, 0.2) is 18.2 Å². The predicted molar refractivity (Wildman–Crippen MR) is 75.1 cm³/mol. The maximum absolute atomic E-state index is 11.0. The van der Waals surface area contributed by atoms with Crippen molar-refractivity contribution in [1.29, 1.82) is 0 Å². The summed E-state index contributed by atoms with van der Waals surface area (Å²) in [7, 11) is 0. The van der Waals surface area contributed by atoms with Crippen LogP contribution >= 0.6 is 81.2 Å². The second-order valence-corrected chi connectivity index (χ2v) is 7.94. The van der Waals surface area contributed by atoms with Crippen LogP contribution in [0.25, 0.3) is 0 Å². The van der Waals surface area contributed by atoms with Gasteiger partial charge in [0.05, 0.1) is 0 Å². The highest BCUT2D eigenvalue weighted by molar-refractivity contribution is 6.69. The van der Waals surface area contributed by atoms with Crippen molar-refractivity contribution < 1.29 is 4.79 Å². The maximum atomic E-state index is 11.0. The summed E-state index contributed by atoms with van der Waals surface area (Å²) in [6, 6.07) is 4.03. The molecule has 0 heterocycles. The van der Waals surface area contributed by atoms with Crippen LogP contribution in [0, 0.1) is 0 Å². The van der Waals surface area contributed by atoms with Crippen molar-refractivity contribution in [3.05, 3.63) is 34.9 Å². The standard InChI is InChI=1S/C9H3Cl7O/c10-7(17)4-1-2-5(8(11,12)13)6(3-4)9(14,15)16/h1-3H. The molecule has 8 heteroatoms. The van der Waals surface area contributed by atoms with Gasteiger partial charge in [-0.3, -0.25) is 4.79 Å². The number of benzene rings is 1. The molecule has 0 spiro atoms. The summed E-state index contributed by atoms with van der Waals surface area (Å²) in [6.45, 7) is 0. The van der Waals surface area contributed by atoms with Gasteiger partial charge in [0.15, 0.2) is 0 Å². The Morgan fingerprint density at radius 3 is 1.71 bits per heavy atom. The molecule has 1 rings (SSSR count). The summed E-state index contributed by atoms with van der Waals surface area (Å²) in [4.78, 5) is 11.0. The molecule has 0 N–H and O–H groups in total. The van der Waals surface area contributed by atoms with E-state index in [1.54, 1.807) is 0 Å². The van der Waals surface area contributed by atoms with Crippen molar-refractivity contribution in [2.75, 3.05) is 0 Å². The molecule has 0 radical (unpaired) electrons. The molecule has 0 aliphatic rings. The predicted octanol–water partition coefficient (Wildman–Crippen LogP) is 5.72. The van der Waals surface area contributed by atoms with Gasteiger partial charge < -0.3 is 0 Å². The Hall–Kier alpha value is 0.920. The Morgan fingerprint density at radius 2 is 1.35 bits per heavy atom. The quantitative estimate of drug-likeness (QED) is 0.453. The van der Waals surface area contributed by atoms with Crippen LogP contribution in [-0.4, -0.2) is 5.24 Å². The van der Waals surface area contributed by atoms with E-state index >= 15 is 0 Å². The lowest BCUT2D eigenvalue weighted by Crippen LogP contribution is -2.13. The molecule has 0 fully saturated rings. The molecule has 94 valence electrons. The van der Waals surface area contributed by atoms with E-state index in [1.165, 1.54) is 18.2 Å². The van der Waals surface area contributed by atoms with E-state index in [1.807, 2.05) is 0 Å². The number of carbonyl (C=O) groups excluding carboxylic acids is 1. The Morgan fingerprint density at radius 1 is 0.882 bits per heavy atom. The fourth-order valence-corrected chi connectivity index (χ4v) is 2.23. The second kappa shape index (κ2) is 5.50. The molecule has 0 aliphatic heterocycles. The summed E-state index contributed by atoms with van der Waals surface area (Å²) in [5.74, 6) is 0. The van der Waals surface area contributed by atoms with Crippen molar-refractivity contribution in [2.24, 2.45) is 0 Å². The zero-order chi connectivity index (χ0) is 13.4. The van der Waals surface area contributed by atoms with Crippen LogP contribution in [0.4, 0.5) is 0 Å². The highest BCUT2D eigenvalue weighted by atomic mass is 35.6. The van der Waals surface area contributed by atoms with Gasteiger partial charge in [-0.2, -0.15) is 0 Å². The summed E-state index contributed by atoms with van der Waals surface area (Å²) in [5, 5.41) is -0.698. The molecule has 0 atom stereocenters. The van der Waals surface area contributed by atoms with Crippen molar-refractivity contribution in [2.45, 2.75) is 7.59 Å². The van der Waals surface area contributed by atoms with E-state index in [-0.39, 0.29) is 16.7 Å². The highest BCUT2D eigenvalue weighted by Gasteiger charge is 2.35. The third-order valence-electron chi connectivity index (χ3n) is 1.86. The van der Waals surface area contributed by atoms with Gasteiger partial charge in [0.2, 0.25) is 7.59 Å². The first-order chi connectivity index (χ1) is 7.53. The molecular weight excluding hydrogens is 372 g/mol. The molecule has 1 aromatic rings. The van der Waals surface area contributed by atoms with E-state index in [4.69, 9.17) is 81.2 Å². The number of halogens is 7. The van der Waals surface area contributed by atoms with Crippen molar-refractivity contribution >= 4 is 86.4 Å². The third kappa shape index (κ3) is 4.21. The van der Waals surface area contributed by atoms with Gasteiger partial charge in [0.25, 0.3) is 5.24 Å². The van der Waals surface area contributed by atoms with E-state index in [0.717, 1.165) is 0 Å². The first kappa shape index (κ1) is 16.0. The molecule has 0 bridgehead atoms. The zero-order valence-electron chi connectivity index (χ0n) is 7.79. The summed E-state index contributed by atoms with van der Waals surface area (Å²) >= 11 is 39.8. The number of hydrogen-bond acceptors (Lipinski definition) is 1. The van der Waals surface area contributed by atoms with Gasteiger partial charge in [0, 0.05) is 16.7 Å². The fraction of sp³-hybridized carbons (Fsp3) is 0.222. The summed E-state index contributed by atoms with van der Waals surface area (Å²) < 4.78 is -3.60. The smallest absolute Gasteiger partial charge is 0.252 e. The molecule has 0 unspecified atom stereocenters. The SMILES string of the molecule is O=C(Cl)c1ccc(C(Cl)(Cl)Cl)c(C(Cl)(Cl)Cl)c1. The number of carbonyl (C=O) groups is 1. The molecule has 17 heavy (non-hydrogen) atoms.